The third-order valence-corrected chi connectivity index (χ3v) is 1.82. The third-order valence-electron chi connectivity index (χ3n) is 1.82. The molecule has 0 radical (unpaired) electrons. The van der Waals surface area contributed by atoms with E-state index < -0.39 is 0 Å². The fourth-order valence-corrected chi connectivity index (χ4v) is 1.24. The summed E-state index contributed by atoms with van der Waals surface area (Å²) in [5.41, 5.74) is 0.487. The van der Waals surface area contributed by atoms with Gasteiger partial charge in [0.25, 0.3) is 0 Å². The second-order valence-electron chi connectivity index (χ2n) is 2.69. The van der Waals surface area contributed by atoms with Gasteiger partial charge in [0.05, 0.1) is 11.8 Å². The molecule has 4 nitrogen and oxygen atoms in total. The van der Waals surface area contributed by atoms with Gasteiger partial charge in [-0.25, -0.2) is 4.98 Å². The average molecular weight is 164 g/mol. The van der Waals surface area contributed by atoms with Gasteiger partial charge in [-0.3, -0.25) is 4.79 Å². The Morgan fingerprint density at radius 2 is 2.42 bits per heavy atom. The van der Waals surface area contributed by atoms with Crippen LogP contribution in [0.1, 0.15) is 16.8 Å². The molecule has 0 saturated carbocycles. The lowest BCUT2D eigenvalue weighted by Crippen LogP contribution is -2.18. The van der Waals surface area contributed by atoms with Crippen LogP contribution >= 0.6 is 0 Å². The number of hydrogen-bond donors (Lipinski definition) is 2. The molecule has 1 aromatic rings. The summed E-state index contributed by atoms with van der Waals surface area (Å²) >= 11 is 0. The highest BCUT2D eigenvalue weighted by Gasteiger charge is 2.17. The Bertz CT molecular complexity index is 336. The summed E-state index contributed by atoms with van der Waals surface area (Å²) in [6.45, 7) is 0.629. The first-order valence-corrected chi connectivity index (χ1v) is 3.73. The van der Waals surface area contributed by atoms with E-state index in [4.69, 9.17) is 5.11 Å². The first kappa shape index (κ1) is 7.09. The first-order valence-electron chi connectivity index (χ1n) is 3.73. The van der Waals surface area contributed by atoms with Gasteiger partial charge in [-0.2, -0.15) is 0 Å². The van der Waals surface area contributed by atoms with Gasteiger partial charge in [-0.05, 0) is 6.07 Å². The van der Waals surface area contributed by atoms with Crippen molar-refractivity contribution in [3.8, 4) is 5.75 Å². The number of aromatic hydroxyl groups is 1. The van der Waals surface area contributed by atoms with Crippen molar-refractivity contribution in [1.82, 2.24) is 4.98 Å². The van der Waals surface area contributed by atoms with Crippen LogP contribution in [0.3, 0.4) is 0 Å². The fourth-order valence-electron chi connectivity index (χ4n) is 1.24. The Morgan fingerprint density at radius 3 is 3.25 bits per heavy atom. The molecular weight excluding hydrogens is 156 g/mol. The predicted octanol–water partition coefficient (Wildman–Crippen LogP) is 0.785. The van der Waals surface area contributed by atoms with Crippen molar-refractivity contribution in [1.29, 1.82) is 0 Å². The van der Waals surface area contributed by atoms with Gasteiger partial charge >= 0.3 is 0 Å². The molecule has 4 heteroatoms. The summed E-state index contributed by atoms with van der Waals surface area (Å²) in [6.07, 6.45) is 1.79. The summed E-state index contributed by atoms with van der Waals surface area (Å²) in [6, 6.07) is 1.44. The zero-order valence-electron chi connectivity index (χ0n) is 6.37. The number of Topliss-reactive ketones (excluding diaryl/α,β-unsaturated/α-hetero) is 1. The van der Waals surface area contributed by atoms with Crippen molar-refractivity contribution >= 4 is 11.6 Å². The second-order valence-corrected chi connectivity index (χ2v) is 2.69. The number of nitrogens with one attached hydrogen (secondary N) is 1. The van der Waals surface area contributed by atoms with E-state index in [0.717, 1.165) is 0 Å². The minimum absolute atomic E-state index is 0.0331. The third kappa shape index (κ3) is 1.01. The average Bonchev–Trinajstić information content (AvgIpc) is 2.07. The van der Waals surface area contributed by atoms with Crippen LogP contribution in [0.5, 0.6) is 5.75 Å². The van der Waals surface area contributed by atoms with E-state index in [-0.39, 0.29) is 11.5 Å². The molecule has 62 valence electrons. The van der Waals surface area contributed by atoms with Gasteiger partial charge in [0, 0.05) is 13.0 Å². The van der Waals surface area contributed by atoms with Crippen molar-refractivity contribution in [2.45, 2.75) is 6.42 Å². The van der Waals surface area contributed by atoms with E-state index in [9.17, 15) is 4.79 Å². The molecule has 0 saturated heterocycles. The molecule has 0 atom stereocenters. The van der Waals surface area contributed by atoms with Crippen LogP contribution in [0, 0.1) is 0 Å². The molecule has 0 amide bonds. The fraction of sp³-hybridized carbons (Fsp3) is 0.250. The van der Waals surface area contributed by atoms with Gasteiger partial charge in [-0.1, -0.05) is 0 Å². The number of anilines is 1. The Labute approximate surface area is 69.2 Å². The number of ketones is 1. The Morgan fingerprint density at radius 1 is 1.58 bits per heavy atom. The maximum absolute atomic E-state index is 11.2. The number of carbonyl (C=O) groups excluding carboxylic acids is 1. The molecule has 0 aromatic carbocycles. The Balaban J connectivity index is 2.54. The number of rotatable bonds is 0. The number of nitrogens with zero attached hydrogens (tertiary/aromatic N) is 1. The number of aromatic nitrogens is 1. The lowest BCUT2D eigenvalue weighted by atomic mass is 10.1. The lowest BCUT2D eigenvalue weighted by Gasteiger charge is -2.14. The molecule has 0 fully saturated rings. The molecule has 0 aliphatic carbocycles. The summed E-state index contributed by atoms with van der Waals surface area (Å²) in [5.74, 6) is 0.641. The van der Waals surface area contributed by atoms with E-state index in [1.165, 1.54) is 12.3 Å². The van der Waals surface area contributed by atoms with Crippen molar-refractivity contribution in [2.24, 2.45) is 0 Å². The molecule has 2 rings (SSSR count). The summed E-state index contributed by atoms with van der Waals surface area (Å²) in [4.78, 5) is 15.1. The van der Waals surface area contributed by atoms with Crippen LogP contribution in [0.15, 0.2) is 12.3 Å². The predicted molar refractivity (Wildman–Crippen MR) is 43.3 cm³/mol. The van der Waals surface area contributed by atoms with Gasteiger partial charge in [0.1, 0.15) is 11.6 Å². The van der Waals surface area contributed by atoms with Crippen LogP contribution in [-0.2, 0) is 0 Å². The molecule has 2 N–H and O–H groups in total. The highest BCUT2D eigenvalue weighted by atomic mass is 16.3. The van der Waals surface area contributed by atoms with Gasteiger partial charge < -0.3 is 10.4 Å². The number of carbonyl (C=O) groups is 1. The topological polar surface area (TPSA) is 62.2 Å². The normalized spacial score (nSPS) is 15.2. The summed E-state index contributed by atoms with van der Waals surface area (Å²) in [7, 11) is 0. The minimum atomic E-state index is 0.0331. The Kier molecular flexibility index (Phi) is 1.46. The molecule has 1 aliphatic heterocycles. The largest absolute Gasteiger partial charge is 0.506 e. The summed E-state index contributed by atoms with van der Waals surface area (Å²) < 4.78 is 0. The number of fused-ring (bicyclic) bond motifs is 1. The van der Waals surface area contributed by atoms with Crippen molar-refractivity contribution in [3.05, 3.63) is 17.8 Å². The molecule has 2 heterocycles. The Hall–Kier alpha value is -1.58. The molecule has 1 aliphatic rings. The van der Waals surface area contributed by atoms with Gasteiger partial charge in [0.15, 0.2) is 5.78 Å². The van der Waals surface area contributed by atoms with Crippen molar-refractivity contribution < 1.29 is 9.90 Å². The maximum Gasteiger partial charge on any atom is 0.168 e. The van der Waals surface area contributed by atoms with Crippen LogP contribution in [0.25, 0.3) is 0 Å². The van der Waals surface area contributed by atoms with E-state index in [0.29, 0.717) is 24.3 Å². The van der Waals surface area contributed by atoms with Crippen LogP contribution in [0.4, 0.5) is 5.82 Å². The molecule has 0 unspecified atom stereocenters. The minimum Gasteiger partial charge on any atom is -0.506 e. The van der Waals surface area contributed by atoms with Crippen LogP contribution < -0.4 is 5.32 Å². The zero-order valence-corrected chi connectivity index (χ0v) is 6.37. The van der Waals surface area contributed by atoms with Crippen molar-refractivity contribution in [2.75, 3.05) is 11.9 Å². The molecule has 0 spiro atoms. The van der Waals surface area contributed by atoms with E-state index in [1.807, 2.05) is 0 Å². The van der Waals surface area contributed by atoms with E-state index in [2.05, 4.69) is 10.3 Å². The second kappa shape index (κ2) is 2.48. The zero-order chi connectivity index (χ0) is 8.55. The van der Waals surface area contributed by atoms with E-state index >= 15 is 0 Å². The molecule has 1 aromatic heterocycles. The number of pyridine rings is 1. The number of hydrogen-bond acceptors (Lipinski definition) is 4. The first-order chi connectivity index (χ1) is 5.77. The standard InChI is InChI=1S/C8H8N2O2/c11-5-3-6-7(12)1-2-9-8(6)10-4-5/h3-4,11H,1-2H2,(H,9,10). The van der Waals surface area contributed by atoms with E-state index in [1.54, 1.807) is 0 Å². The lowest BCUT2D eigenvalue weighted by molar-refractivity contribution is 0.0983. The highest BCUT2D eigenvalue weighted by Crippen LogP contribution is 2.22. The van der Waals surface area contributed by atoms with Crippen LogP contribution in [0.2, 0.25) is 0 Å². The highest BCUT2D eigenvalue weighted by molar-refractivity contribution is 6.02. The molecule has 12 heavy (non-hydrogen) atoms. The maximum atomic E-state index is 11.2. The smallest absolute Gasteiger partial charge is 0.168 e. The monoisotopic (exact) mass is 164 g/mol. The molecular formula is C8H8N2O2. The van der Waals surface area contributed by atoms with Crippen molar-refractivity contribution in [3.63, 3.8) is 0 Å². The van der Waals surface area contributed by atoms with Gasteiger partial charge in [-0.15, -0.1) is 0 Å². The van der Waals surface area contributed by atoms with Crippen LogP contribution in [-0.4, -0.2) is 22.4 Å². The quantitative estimate of drug-likeness (QED) is 0.595. The van der Waals surface area contributed by atoms with Gasteiger partial charge in [0.2, 0.25) is 0 Å². The SMILES string of the molecule is O=C1CCNc2ncc(O)cc21. The molecule has 0 bridgehead atoms. The summed E-state index contributed by atoms with van der Waals surface area (Å²) in [5, 5.41) is 12.0.